The van der Waals surface area contributed by atoms with E-state index in [1.54, 1.807) is 0 Å². The molecule has 0 saturated heterocycles. The molecule has 132 valence electrons. The van der Waals surface area contributed by atoms with Gasteiger partial charge >= 0.3 is 0 Å². The van der Waals surface area contributed by atoms with E-state index in [-0.39, 0.29) is 5.04 Å². The van der Waals surface area contributed by atoms with Gasteiger partial charge in [0.15, 0.2) is 8.07 Å². The lowest BCUT2D eigenvalue weighted by molar-refractivity contribution is 0.703. The molecule has 0 spiro atoms. The maximum Gasteiger partial charge on any atom is 0.157 e. The molecule has 0 nitrogen and oxygen atoms in total. The van der Waals surface area contributed by atoms with E-state index < -0.39 is 8.07 Å². The first kappa shape index (κ1) is 19.5. The Labute approximate surface area is 155 Å². The van der Waals surface area contributed by atoms with Gasteiger partial charge in [-0.15, -0.1) is 5.73 Å². The molecular weight excluding hydrogens is 316 g/mol. The van der Waals surface area contributed by atoms with Crippen LogP contribution in [0.15, 0.2) is 78.2 Å². The molecule has 0 aliphatic heterocycles. The summed E-state index contributed by atoms with van der Waals surface area (Å²) in [6, 6.07) is 22.2. The zero-order valence-corrected chi connectivity index (χ0v) is 17.3. The summed E-state index contributed by atoms with van der Waals surface area (Å²) in [5.41, 5.74) is 3.43. The Hall–Kier alpha value is -1.82. The topological polar surface area (TPSA) is 0 Å². The summed E-state index contributed by atoms with van der Waals surface area (Å²) in [5.74, 6) is 0. The smallest absolute Gasteiger partial charge is 0.133 e. The van der Waals surface area contributed by atoms with Gasteiger partial charge in [-0.2, -0.15) is 0 Å². The number of unbranched alkanes of at least 4 members (excludes halogenated alkanes) is 2. The lowest BCUT2D eigenvalue weighted by atomic mass is 10.2. The van der Waals surface area contributed by atoms with E-state index in [1.807, 2.05) is 0 Å². The van der Waals surface area contributed by atoms with Gasteiger partial charge in [0.05, 0.1) is 0 Å². The Bertz CT molecular complexity index is 661. The zero-order chi connectivity index (χ0) is 18.3. The lowest BCUT2D eigenvalue weighted by Gasteiger charge is -2.45. The molecule has 0 saturated carbocycles. The first-order valence-corrected chi connectivity index (χ1v) is 11.5. The van der Waals surface area contributed by atoms with Crippen molar-refractivity contribution in [1.82, 2.24) is 0 Å². The Morgan fingerprint density at radius 3 is 1.72 bits per heavy atom. The quantitative estimate of drug-likeness (QED) is 0.333. The summed E-state index contributed by atoms with van der Waals surface area (Å²) in [6.45, 7) is 13.6. The second-order valence-electron chi connectivity index (χ2n) is 7.84. The van der Waals surface area contributed by atoms with Gasteiger partial charge in [0.1, 0.15) is 0 Å². The number of allylic oxidation sites excluding steroid dienone is 1. The van der Waals surface area contributed by atoms with Gasteiger partial charge in [-0.05, 0) is 33.4 Å². The van der Waals surface area contributed by atoms with E-state index >= 15 is 0 Å². The highest BCUT2D eigenvalue weighted by Crippen LogP contribution is 2.41. The molecule has 2 aromatic rings. The Morgan fingerprint density at radius 2 is 1.36 bits per heavy atom. The molecule has 0 bridgehead atoms. The maximum absolute atomic E-state index is 4.14. The minimum Gasteiger partial charge on any atom is -0.133 e. The van der Waals surface area contributed by atoms with Gasteiger partial charge < -0.3 is 0 Å². The molecule has 0 aliphatic carbocycles. The van der Waals surface area contributed by atoms with Crippen molar-refractivity contribution in [2.45, 2.75) is 58.4 Å². The molecule has 0 fully saturated rings. The summed E-state index contributed by atoms with van der Waals surface area (Å²) < 4.78 is 0. The molecule has 0 amide bonds. The van der Waals surface area contributed by atoms with Gasteiger partial charge in [-0.3, -0.25) is 0 Å². The highest BCUT2D eigenvalue weighted by atomic mass is 28.3. The fourth-order valence-corrected chi connectivity index (χ4v) is 10.0. The number of rotatable bonds is 7. The fourth-order valence-electron chi connectivity index (χ4n) is 4.17. The van der Waals surface area contributed by atoms with Crippen LogP contribution in [0.3, 0.4) is 0 Å². The summed E-state index contributed by atoms with van der Waals surface area (Å²) in [6.07, 6.45) is 4.83. The Balaban J connectivity index is 2.75. The van der Waals surface area contributed by atoms with E-state index in [1.165, 1.54) is 34.8 Å². The molecule has 25 heavy (non-hydrogen) atoms. The van der Waals surface area contributed by atoms with Crippen LogP contribution in [0.2, 0.25) is 5.04 Å². The van der Waals surface area contributed by atoms with Crippen molar-refractivity contribution >= 4 is 18.4 Å². The van der Waals surface area contributed by atoms with Crippen molar-refractivity contribution in [1.29, 1.82) is 0 Å². The van der Waals surface area contributed by atoms with Crippen LogP contribution in [0.1, 0.15) is 53.4 Å². The number of hydrogen-bond acceptors (Lipinski definition) is 0. The number of hydrogen-bond donors (Lipinski definition) is 0. The molecule has 0 heterocycles. The zero-order valence-electron chi connectivity index (χ0n) is 16.3. The summed E-state index contributed by atoms with van der Waals surface area (Å²) >= 11 is 0. The van der Waals surface area contributed by atoms with Gasteiger partial charge in [-0.25, -0.2) is 0 Å². The van der Waals surface area contributed by atoms with Crippen LogP contribution in [0.4, 0.5) is 0 Å². The fraction of sp³-hybridized carbons (Fsp3) is 0.375. The predicted molar refractivity (Wildman–Crippen MR) is 114 cm³/mol. The van der Waals surface area contributed by atoms with Gasteiger partial charge in [0.25, 0.3) is 0 Å². The summed E-state index contributed by atoms with van der Waals surface area (Å²) in [4.78, 5) is 0. The van der Waals surface area contributed by atoms with Crippen molar-refractivity contribution in [3.8, 4) is 0 Å². The predicted octanol–water partition coefficient (Wildman–Crippen LogP) is 5.88. The van der Waals surface area contributed by atoms with Gasteiger partial charge in [0.2, 0.25) is 0 Å². The molecule has 2 aromatic carbocycles. The van der Waals surface area contributed by atoms with Crippen LogP contribution in [0.5, 0.6) is 0 Å². The van der Waals surface area contributed by atoms with Crippen LogP contribution in [0, 0.1) is 0 Å². The van der Waals surface area contributed by atoms with Crippen molar-refractivity contribution in [3.63, 3.8) is 0 Å². The van der Waals surface area contributed by atoms with Crippen molar-refractivity contribution < 1.29 is 0 Å². The molecule has 2 rings (SSSR count). The van der Waals surface area contributed by atoms with E-state index in [2.05, 4.69) is 101 Å². The summed E-state index contributed by atoms with van der Waals surface area (Å²) in [7, 11) is -2.19. The second kappa shape index (κ2) is 8.51. The highest BCUT2D eigenvalue weighted by Gasteiger charge is 2.50. The van der Waals surface area contributed by atoms with Gasteiger partial charge in [0, 0.05) is 0 Å². The normalized spacial score (nSPS) is 11.8. The first-order valence-electron chi connectivity index (χ1n) is 9.49. The van der Waals surface area contributed by atoms with Crippen LogP contribution in [0.25, 0.3) is 0 Å². The molecule has 0 atom stereocenters. The minimum atomic E-state index is -2.19. The average molecular weight is 349 g/mol. The van der Waals surface area contributed by atoms with E-state index in [4.69, 9.17) is 0 Å². The second-order valence-corrected chi connectivity index (χ2v) is 12.6. The highest BCUT2D eigenvalue weighted by molar-refractivity contribution is 7.09. The van der Waals surface area contributed by atoms with Crippen LogP contribution < -0.4 is 10.4 Å². The van der Waals surface area contributed by atoms with E-state index in [0.717, 1.165) is 6.42 Å². The number of benzene rings is 2. The monoisotopic (exact) mass is 348 g/mol. The molecule has 0 radical (unpaired) electrons. The lowest BCUT2D eigenvalue weighted by Crippen LogP contribution is -2.65. The molecule has 0 aromatic heterocycles. The summed E-state index contributed by atoms with van der Waals surface area (Å²) in [5, 5.41) is 4.53. The van der Waals surface area contributed by atoms with Crippen molar-refractivity contribution in [2.75, 3.05) is 0 Å². The van der Waals surface area contributed by atoms with Crippen LogP contribution in [-0.2, 0) is 0 Å². The van der Waals surface area contributed by atoms with E-state index in [0.29, 0.717) is 0 Å². The Kier molecular flexibility index (Phi) is 6.64. The molecule has 1 heteroatoms. The van der Waals surface area contributed by atoms with Crippen LogP contribution >= 0.6 is 0 Å². The SMILES string of the molecule is C=C=C(CCCCC)[Si](c1ccccc1)(c1ccccc1)C(C)(C)C. The van der Waals surface area contributed by atoms with Crippen LogP contribution in [-0.4, -0.2) is 8.07 Å². The third-order valence-corrected chi connectivity index (χ3v) is 11.2. The molecule has 0 aliphatic rings. The maximum atomic E-state index is 4.14. The third-order valence-electron chi connectivity index (χ3n) is 5.23. The average Bonchev–Trinajstić information content (AvgIpc) is 2.61. The molecule has 0 N–H and O–H groups in total. The van der Waals surface area contributed by atoms with Gasteiger partial charge in [-0.1, -0.05) is 108 Å². The minimum absolute atomic E-state index is 0.141. The third kappa shape index (κ3) is 3.89. The molecular formula is C24H32Si. The van der Waals surface area contributed by atoms with E-state index in [9.17, 15) is 0 Å². The van der Waals surface area contributed by atoms with Crippen molar-refractivity contribution in [2.24, 2.45) is 0 Å². The largest absolute Gasteiger partial charge is 0.157 e. The van der Waals surface area contributed by atoms with Crippen molar-refractivity contribution in [3.05, 3.63) is 78.2 Å². The molecule has 0 unspecified atom stereocenters. The standard InChI is InChI=1S/C24H32Si/c1-6-8-11-16-21(7-2)25(24(3,4)5,22-17-12-9-13-18-22)23-19-14-10-15-20-23/h9-10,12-15,17-20H,2,6,8,11,16H2,1,3-5H3. The first-order chi connectivity index (χ1) is 12.0. The Morgan fingerprint density at radius 1 is 0.880 bits per heavy atom.